The first-order chi connectivity index (χ1) is 7.65. The fourth-order valence-corrected chi connectivity index (χ4v) is 3.72. The zero-order valence-electron chi connectivity index (χ0n) is 8.29. The van der Waals surface area contributed by atoms with Crippen LogP contribution in [0.15, 0.2) is 4.36 Å². The molecule has 1 aromatic rings. The summed E-state index contributed by atoms with van der Waals surface area (Å²) in [5, 5.41) is 8.26. The Kier molecular flexibility index (Phi) is 4.01. The summed E-state index contributed by atoms with van der Waals surface area (Å²) >= 11 is 5.98. The van der Waals surface area contributed by atoms with Crippen molar-refractivity contribution in [3.8, 4) is 6.19 Å². The van der Waals surface area contributed by atoms with Crippen molar-refractivity contribution in [1.29, 1.82) is 5.26 Å². The second kappa shape index (κ2) is 4.80. The molecule has 0 aliphatic carbocycles. The molecule has 0 saturated carbocycles. The highest BCUT2D eigenvalue weighted by atomic mass is 35.5. The van der Waals surface area contributed by atoms with Crippen molar-refractivity contribution in [1.82, 2.24) is 4.98 Å². The molecule has 17 heavy (non-hydrogen) atoms. The third-order valence-corrected chi connectivity index (χ3v) is 4.21. The third-order valence-electron chi connectivity index (χ3n) is 1.57. The average molecular weight is 304 g/mol. The first kappa shape index (κ1) is 14.2. The molecule has 0 fully saturated rings. The van der Waals surface area contributed by atoms with E-state index in [4.69, 9.17) is 16.9 Å². The van der Waals surface area contributed by atoms with Gasteiger partial charge in [-0.3, -0.25) is 0 Å². The Hall–Kier alpha value is -0.850. The van der Waals surface area contributed by atoms with Crippen LogP contribution < -0.4 is 0 Å². The Bertz CT molecular complexity index is 580. The molecule has 1 heterocycles. The van der Waals surface area contributed by atoms with E-state index < -0.39 is 27.4 Å². The van der Waals surface area contributed by atoms with Crippen molar-refractivity contribution in [3.63, 3.8) is 0 Å². The number of hydrogen-bond acceptors (Lipinski definition) is 5. The molecule has 0 aliphatic heterocycles. The highest BCUT2D eigenvalue weighted by molar-refractivity contribution is 7.92. The van der Waals surface area contributed by atoms with Gasteiger partial charge < -0.3 is 0 Å². The topological polar surface area (TPSA) is 66.1 Å². The smallest absolute Gasteiger partial charge is 0.249 e. The summed E-state index contributed by atoms with van der Waals surface area (Å²) in [6.07, 6.45) is -2.25. The van der Waals surface area contributed by atoms with Gasteiger partial charge in [0.15, 0.2) is 10.2 Å². The largest absolute Gasteiger partial charge is 0.434 e. The summed E-state index contributed by atoms with van der Waals surface area (Å²) in [6.45, 7) is 0. The fraction of sp³-hybridized carbons (Fsp3) is 0.429. The molecule has 1 aromatic heterocycles. The first-order valence-electron chi connectivity index (χ1n) is 3.96. The van der Waals surface area contributed by atoms with Gasteiger partial charge in [0, 0.05) is 6.26 Å². The summed E-state index contributed by atoms with van der Waals surface area (Å²) in [7, 11) is -3.03. The van der Waals surface area contributed by atoms with Crippen LogP contribution in [-0.2, 0) is 21.7 Å². The van der Waals surface area contributed by atoms with Crippen molar-refractivity contribution in [2.75, 3.05) is 6.26 Å². The standard InChI is InChI=1S/C7H5ClF3N3OS2/c1-17(15,13-3-12)2-4-5(7(9,10)11)14-6(8)16-4/h2H2,1H3. The minimum absolute atomic E-state index is 0.283. The van der Waals surface area contributed by atoms with E-state index in [2.05, 4.69) is 9.35 Å². The maximum Gasteiger partial charge on any atom is 0.434 e. The van der Waals surface area contributed by atoms with Crippen LogP contribution in [-0.4, -0.2) is 15.4 Å². The predicted molar refractivity (Wildman–Crippen MR) is 57.9 cm³/mol. The van der Waals surface area contributed by atoms with Crippen LogP contribution in [0.4, 0.5) is 13.2 Å². The molecule has 4 nitrogen and oxygen atoms in total. The molecule has 0 saturated heterocycles. The van der Waals surface area contributed by atoms with Crippen LogP contribution in [0.3, 0.4) is 0 Å². The number of nitriles is 1. The van der Waals surface area contributed by atoms with Crippen LogP contribution in [0.25, 0.3) is 0 Å². The molecule has 0 aliphatic rings. The van der Waals surface area contributed by atoms with E-state index in [-0.39, 0.29) is 9.34 Å². The fourth-order valence-electron chi connectivity index (χ4n) is 1.00. The highest BCUT2D eigenvalue weighted by Gasteiger charge is 2.37. The van der Waals surface area contributed by atoms with Gasteiger partial charge in [-0.1, -0.05) is 11.6 Å². The van der Waals surface area contributed by atoms with Crippen LogP contribution in [0.2, 0.25) is 4.47 Å². The second-order valence-electron chi connectivity index (χ2n) is 3.03. The van der Waals surface area contributed by atoms with E-state index in [9.17, 15) is 17.4 Å². The minimum atomic E-state index is -4.67. The summed E-state index contributed by atoms with van der Waals surface area (Å²) in [4.78, 5) is 2.85. The van der Waals surface area contributed by atoms with Crippen LogP contribution >= 0.6 is 22.9 Å². The molecule has 0 spiro atoms. The molecule has 0 radical (unpaired) electrons. The maximum atomic E-state index is 12.5. The summed E-state index contributed by atoms with van der Waals surface area (Å²) in [5.74, 6) is -0.500. The molecule has 0 amide bonds. The number of thiazole rings is 1. The Morgan fingerprint density at radius 3 is 2.71 bits per heavy atom. The number of aromatic nitrogens is 1. The number of hydrogen-bond donors (Lipinski definition) is 0. The summed E-state index contributed by atoms with van der Waals surface area (Å²) in [6, 6.07) is 0. The first-order valence-corrected chi connectivity index (χ1v) is 7.25. The van der Waals surface area contributed by atoms with Gasteiger partial charge >= 0.3 is 6.18 Å². The van der Waals surface area contributed by atoms with Crippen molar-refractivity contribution in [2.45, 2.75) is 11.9 Å². The van der Waals surface area contributed by atoms with E-state index in [1.165, 1.54) is 6.19 Å². The number of nitrogens with zero attached hydrogens (tertiary/aromatic N) is 3. The quantitative estimate of drug-likeness (QED) is 0.789. The molecule has 1 rings (SSSR count). The van der Waals surface area contributed by atoms with Crippen LogP contribution in [0.5, 0.6) is 0 Å². The van der Waals surface area contributed by atoms with Gasteiger partial charge in [-0.25, -0.2) is 9.19 Å². The lowest BCUT2D eigenvalue weighted by Gasteiger charge is -2.05. The molecular weight excluding hydrogens is 299 g/mol. The zero-order valence-corrected chi connectivity index (χ0v) is 10.7. The van der Waals surface area contributed by atoms with Crippen molar-refractivity contribution >= 4 is 32.7 Å². The van der Waals surface area contributed by atoms with Gasteiger partial charge in [-0.2, -0.15) is 18.4 Å². The van der Waals surface area contributed by atoms with E-state index in [0.29, 0.717) is 11.3 Å². The lowest BCUT2D eigenvalue weighted by Crippen LogP contribution is -2.11. The van der Waals surface area contributed by atoms with Gasteiger partial charge in [0.1, 0.15) is 0 Å². The van der Waals surface area contributed by atoms with Crippen molar-refractivity contribution < 1.29 is 17.4 Å². The number of halogens is 4. The normalized spacial score (nSPS) is 15.1. The maximum absolute atomic E-state index is 12.5. The second-order valence-corrected chi connectivity index (χ2v) is 7.09. The van der Waals surface area contributed by atoms with Crippen molar-refractivity contribution in [2.24, 2.45) is 4.36 Å². The van der Waals surface area contributed by atoms with Gasteiger partial charge in [0.2, 0.25) is 6.19 Å². The Morgan fingerprint density at radius 1 is 1.65 bits per heavy atom. The molecule has 0 bridgehead atoms. The highest BCUT2D eigenvalue weighted by Crippen LogP contribution is 2.36. The van der Waals surface area contributed by atoms with Gasteiger partial charge in [0.25, 0.3) is 0 Å². The minimum Gasteiger partial charge on any atom is -0.249 e. The van der Waals surface area contributed by atoms with Crippen LogP contribution in [0, 0.1) is 11.5 Å². The third kappa shape index (κ3) is 3.83. The SMILES string of the molecule is CS(=O)(Cc1sc(Cl)nc1C(F)(F)F)=NC#N. The van der Waals surface area contributed by atoms with Gasteiger partial charge in [-0.15, -0.1) is 15.7 Å². The zero-order chi connectivity index (χ0) is 13.3. The Labute approximate surface area is 104 Å². The molecule has 10 heteroatoms. The monoisotopic (exact) mass is 303 g/mol. The Morgan fingerprint density at radius 2 is 2.24 bits per heavy atom. The van der Waals surface area contributed by atoms with E-state index in [1.54, 1.807) is 0 Å². The number of alkyl halides is 3. The molecule has 0 N–H and O–H groups in total. The lowest BCUT2D eigenvalue weighted by atomic mass is 10.4. The summed E-state index contributed by atoms with van der Waals surface area (Å²) in [5.41, 5.74) is -1.17. The molecule has 94 valence electrons. The molecular formula is C7H5ClF3N3OS2. The number of rotatable bonds is 2. The molecule has 1 atom stereocenters. The van der Waals surface area contributed by atoms with Crippen molar-refractivity contribution in [3.05, 3.63) is 15.0 Å². The molecule has 1 unspecified atom stereocenters. The Balaban J connectivity index is 3.22. The van der Waals surface area contributed by atoms with Crippen LogP contribution in [0.1, 0.15) is 10.6 Å². The van der Waals surface area contributed by atoms with E-state index in [0.717, 1.165) is 6.26 Å². The lowest BCUT2D eigenvalue weighted by molar-refractivity contribution is -0.141. The van der Waals surface area contributed by atoms with Gasteiger partial charge in [0.05, 0.1) is 20.4 Å². The van der Waals surface area contributed by atoms with Gasteiger partial charge in [-0.05, 0) is 0 Å². The van der Waals surface area contributed by atoms with E-state index >= 15 is 0 Å². The predicted octanol–water partition coefficient (Wildman–Crippen LogP) is 2.89. The summed E-state index contributed by atoms with van der Waals surface area (Å²) < 4.78 is 52.0. The average Bonchev–Trinajstić information content (AvgIpc) is 2.44. The van der Waals surface area contributed by atoms with E-state index in [1.807, 2.05) is 0 Å². The molecule has 0 aromatic carbocycles.